The fourth-order valence-corrected chi connectivity index (χ4v) is 4.75. The molecular formula is C31H25N3O7. The maximum atomic E-state index is 13.8. The molecule has 0 bridgehead atoms. The molecule has 1 unspecified atom stereocenters. The van der Waals surface area contributed by atoms with Gasteiger partial charge in [-0.2, -0.15) is 0 Å². The van der Waals surface area contributed by atoms with Crippen LogP contribution in [0.5, 0.6) is 11.5 Å². The van der Waals surface area contributed by atoms with E-state index >= 15 is 0 Å². The zero-order valence-corrected chi connectivity index (χ0v) is 22.3. The Hall–Kier alpha value is -5.09. The molecule has 0 fully saturated rings. The molecule has 1 atom stereocenters. The standard InChI is InChI=1S/C31H25N3O7/c1-31(41-30(37)25-15-32-23-7-3-4-8-24(23)33-25)28(35)14-20-13-21(6-5-11-38-2)34(17-22(20)29(31)36)16-19-9-10-26-27(12-19)40-18-39-26/h3-10,12-15,17H,11,16,18H2,1-2H3/b6-5+. The summed E-state index contributed by atoms with van der Waals surface area (Å²) in [7, 11) is 1.59. The van der Waals surface area contributed by atoms with Crippen molar-refractivity contribution in [3.63, 3.8) is 0 Å². The van der Waals surface area contributed by atoms with Crippen molar-refractivity contribution in [1.82, 2.24) is 14.9 Å². The van der Waals surface area contributed by atoms with Crippen molar-refractivity contribution in [3.8, 4) is 11.5 Å². The van der Waals surface area contributed by atoms with Crippen molar-refractivity contribution in [2.75, 3.05) is 20.5 Å². The summed E-state index contributed by atoms with van der Waals surface area (Å²) in [6.07, 6.45) is 9.70. The highest BCUT2D eigenvalue weighted by atomic mass is 16.7. The van der Waals surface area contributed by atoms with Gasteiger partial charge in [-0.25, -0.2) is 9.78 Å². The van der Waals surface area contributed by atoms with Crippen molar-refractivity contribution in [2.45, 2.75) is 19.1 Å². The molecule has 6 rings (SSSR count). The predicted molar refractivity (Wildman–Crippen MR) is 147 cm³/mol. The second-order valence-electron chi connectivity index (χ2n) is 9.74. The molecule has 1 aromatic heterocycles. The molecule has 10 heteroatoms. The average molecular weight is 552 g/mol. The summed E-state index contributed by atoms with van der Waals surface area (Å²) in [5, 5.41) is 0. The number of para-hydroxylation sites is 2. The Morgan fingerprint density at radius 3 is 2.73 bits per heavy atom. The number of methoxy groups -OCH3 is 1. The van der Waals surface area contributed by atoms with Crippen LogP contribution in [0.3, 0.4) is 0 Å². The second-order valence-corrected chi connectivity index (χ2v) is 9.74. The largest absolute Gasteiger partial charge is 0.454 e. The van der Waals surface area contributed by atoms with Gasteiger partial charge in [0.15, 0.2) is 17.2 Å². The van der Waals surface area contributed by atoms with Crippen LogP contribution in [-0.2, 0) is 25.6 Å². The maximum Gasteiger partial charge on any atom is 0.360 e. The van der Waals surface area contributed by atoms with Crippen molar-refractivity contribution in [1.29, 1.82) is 0 Å². The van der Waals surface area contributed by atoms with Crippen LogP contribution in [0.2, 0.25) is 0 Å². The quantitative estimate of drug-likeness (QED) is 0.317. The Balaban J connectivity index is 1.31. The number of hydrogen-bond donors (Lipinski definition) is 0. The first-order valence-corrected chi connectivity index (χ1v) is 12.9. The van der Waals surface area contributed by atoms with Crippen molar-refractivity contribution in [3.05, 3.63) is 107 Å². The molecule has 10 nitrogen and oxygen atoms in total. The first kappa shape index (κ1) is 26.1. The van der Waals surface area contributed by atoms with Crippen LogP contribution in [0.25, 0.3) is 11.0 Å². The fraction of sp³-hybridized carbons (Fsp3) is 0.194. The second kappa shape index (κ2) is 10.5. The molecular weight excluding hydrogens is 526 g/mol. The highest BCUT2D eigenvalue weighted by Crippen LogP contribution is 2.37. The third kappa shape index (κ3) is 4.89. The Morgan fingerprint density at radius 1 is 1.10 bits per heavy atom. The lowest BCUT2D eigenvalue weighted by Crippen LogP contribution is -2.51. The lowest BCUT2D eigenvalue weighted by atomic mass is 9.79. The molecule has 3 heterocycles. The van der Waals surface area contributed by atoms with E-state index in [4.69, 9.17) is 18.9 Å². The van der Waals surface area contributed by atoms with Crippen LogP contribution in [0, 0.1) is 0 Å². The molecule has 3 aliphatic rings. The third-order valence-electron chi connectivity index (χ3n) is 6.96. The van der Waals surface area contributed by atoms with Gasteiger partial charge in [-0.1, -0.05) is 24.3 Å². The van der Waals surface area contributed by atoms with Gasteiger partial charge in [0, 0.05) is 31.1 Å². The summed E-state index contributed by atoms with van der Waals surface area (Å²) in [6, 6.07) is 12.7. The number of nitrogens with zero attached hydrogens (tertiary/aromatic N) is 3. The molecule has 2 aromatic carbocycles. The molecule has 0 spiro atoms. The number of carbonyl (C=O) groups is 3. The Morgan fingerprint density at radius 2 is 1.90 bits per heavy atom. The lowest BCUT2D eigenvalue weighted by Gasteiger charge is -2.34. The molecule has 0 amide bonds. The van der Waals surface area contributed by atoms with Crippen LogP contribution in [-0.4, -0.2) is 58.5 Å². The van der Waals surface area contributed by atoms with E-state index in [-0.39, 0.29) is 18.1 Å². The Kier molecular flexibility index (Phi) is 6.68. The van der Waals surface area contributed by atoms with Gasteiger partial charge in [0.1, 0.15) is 0 Å². The molecule has 0 N–H and O–H groups in total. The summed E-state index contributed by atoms with van der Waals surface area (Å²) in [6.45, 7) is 2.24. The molecule has 41 heavy (non-hydrogen) atoms. The van der Waals surface area contributed by atoms with E-state index in [9.17, 15) is 14.4 Å². The van der Waals surface area contributed by atoms with Gasteiger partial charge in [-0.3, -0.25) is 14.6 Å². The minimum Gasteiger partial charge on any atom is -0.454 e. The number of hydrogen-bond acceptors (Lipinski definition) is 10. The third-order valence-corrected chi connectivity index (χ3v) is 6.96. The van der Waals surface area contributed by atoms with Gasteiger partial charge in [-0.15, -0.1) is 0 Å². The number of aromatic nitrogens is 2. The first-order valence-electron chi connectivity index (χ1n) is 12.9. The number of Topliss-reactive ketones (excluding diaryl/α,β-unsaturated/α-hetero) is 1. The number of rotatable bonds is 7. The summed E-state index contributed by atoms with van der Waals surface area (Å²) < 4.78 is 21.6. The van der Waals surface area contributed by atoms with Gasteiger partial charge in [-0.05, 0) is 60.6 Å². The number of carbonyl (C=O) groups excluding carboxylic acids is 3. The number of benzene rings is 2. The first-order chi connectivity index (χ1) is 19.9. The normalized spacial score (nSPS) is 19.7. The zero-order valence-electron chi connectivity index (χ0n) is 22.3. The van der Waals surface area contributed by atoms with Gasteiger partial charge in [0.25, 0.3) is 0 Å². The maximum absolute atomic E-state index is 13.8. The number of allylic oxidation sites excluding steroid dienone is 3. The van der Waals surface area contributed by atoms with Crippen LogP contribution in [0.15, 0.2) is 96.0 Å². The highest BCUT2D eigenvalue weighted by Gasteiger charge is 2.49. The number of ether oxygens (including phenoxy) is 4. The highest BCUT2D eigenvalue weighted by molar-refractivity contribution is 6.26. The van der Waals surface area contributed by atoms with Crippen molar-refractivity contribution < 1.29 is 33.3 Å². The summed E-state index contributed by atoms with van der Waals surface area (Å²) in [5.41, 5.74) is 1.24. The minimum absolute atomic E-state index is 0.104. The average Bonchev–Trinajstić information content (AvgIpc) is 3.45. The Labute approximate surface area is 235 Å². The molecule has 1 aliphatic carbocycles. The van der Waals surface area contributed by atoms with E-state index in [1.54, 1.807) is 43.7 Å². The van der Waals surface area contributed by atoms with Gasteiger partial charge in [0.2, 0.25) is 24.0 Å². The number of esters is 1. The number of fused-ring (bicyclic) bond motifs is 3. The minimum atomic E-state index is -2.07. The summed E-state index contributed by atoms with van der Waals surface area (Å²) >= 11 is 0. The summed E-state index contributed by atoms with van der Waals surface area (Å²) in [4.78, 5) is 50.5. The zero-order chi connectivity index (χ0) is 28.6. The summed E-state index contributed by atoms with van der Waals surface area (Å²) in [5.74, 6) is -0.881. The van der Waals surface area contributed by atoms with Gasteiger partial charge >= 0.3 is 5.97 Å². The molecule has 2 aliphatic heterocycles. The van der Waals surface area contributed by atoms with E-state index in [1.807, 2.05) is 35.3 Å². The molecule has 0 saturated heterocycles. The lowest BCUT2D eigenvalue weighted by molar-refractivity contribution is -0.145. The van der Waals surface area contributed by atoms with Crippen molar-refractivity contribution in [2.24, 2.45) is 0 Å². The molecule has 3 aromatic rings. The van der Waals surface area contributed by atoms with E-state index in [0.29, 0.717) is 41.3 Å². The van der Waals surface area contributed by atoms with E-state index in [0.717, 1.165) is 11.3 Å². The van der Waals surface area contributed by atoms with E-state index < -0.39 is 23.1 Å². The van der Waals surface area contributed by atoms with E-state index in [1.165, 1.54) is 19.2 Å². The predicted octanol–water partition coefficient (Wildman–Crippen LogP) is 3.84. The smallest absolute Gasteiger partial charge is 0.360 e. The van der Waals surface area contributed by atoms with Gasteiger partial charge in [0.05, 0.1) is 23.8 Å². The SMILES string of the molecule is COC/C=C/C1=CC2=CC(=O)C(C)(OC(=O)c3cnc4ccccc4n3)C(=O)C2=CN1Cc1ccc2c(c1)OCO2. The fourth-order valence-electron chi connectivity index (χ4n) is 4.75. The van der Waals surface area contributed by atoms with Crippen LogP contribution < -0.4 is 9.47 Å². The van der Waals surface area contributed by atoms with Crippen LogP contribution >= 0.6 is 0 Å². The number of ketones is 2. The monoisotopic (exact) mass is 551 g/mol. The molecule has 0 radical (unpaired) electrons. The Bertz CT molecular complexity index is 1720. The topological polar surface area (TPSA) is 117 Å². The van der Waals surface area contributed by atoms with Gasteiger partial charge < -0.3 is 23.8 Å². The molecule has 206 valence electrons. The van der Waals surface area contributed by atoms with Crippen LogP contribution in [0.1, 0.15) is 23.0 Å². The van der Waals surface area contributed by atoms with E-state index in [2.05, 4.69) is 9.97 Å². The van der Waals surface area contributed by atoms with Crippen LogP contribution in [0.4, 0.5) is 0 Å². The van der Waals surface area contributed by atoms with Crippen molar-refractivity contribution >= 4 is 28.6 Å². The molecule has 0 saturated carbocycles.